The number of hydrogen-bond donors (Lipinski definition) is 2. The van der Waals surface area contributed by atoms with Crippen LogP contribution in [0.4, 0.5) is 10.5 Å². The van der Waals surface area contributed by atoms with Crippen LogP contribution in [-0.4, -0.2) is 16.6 Å². The van der Waals surface area contributed by atoms with Crippen LogP contribution in [0.1, 0.15) is 40.3 Å². The molecule has 0 saturated heterocycles. The van der Waals surface area contributed by atoms with Gasteiger partial charge in [0.25, 0.3) is 5.56 Å². The molecule has 1 aromatic heterocycles. The Morgan fingerprint density at radius 2 is 1.66 bits per heavy atom. The predicted octanol–water partition coefficient (Wildman–Crippen LogP) is -4.32. The van der Waals surface area contributed by atoms with E-state index >= 15 is 0 Å². The number of aromatic nitrogens is 1. The van der Waals surface area contributed by atoms with E-state index in [9.17, 15) is 24.6 Å². The molecule has 0 aliphatic rings. The van der Waals surface area contributed by atoms with Crippen LogP contribution < -0.4 is 85.5 Å². The Morgan fingerprint density at radius 1 is 1.03 bits per heavy atom. The Hall–Kier alpha value is -2.07. The van der Waals surface area contributed by atoms with Gasteiger partial charge in [-0.2, -0.15) is 0 Å². The summed E-state index contributed by atoms with van der Waals surface area (Å²) in [5.41, 5.74) is 3.00. The maximum absolute atomic E-state index is 12.6. The minimum absolute atomic E-state index is 0. The quantitative estimate of drug-likeness (QED) is 0.322. The summed E-state index contributed by atoms with van der Waals surface area (Å²) >= 11 is 0. The number of rotatable bonds is 7. The minimum Gasteiger partial charge on any atom is -0.871 e. The van der Waals surface area contributed by atoms with E-state index in [-0.39, 0.29) is 59.1 Å². The van der Waals surface area contributed by atoms with Crippen LogP contribution in [0.15, 0.2) is 59.5 Å². The molecule has 0 bridgehead atoms. The number of nitrogens with zero attached hydrogens (tertiary/aromatic N) is 1. The summed E-state index contributed by atoms with van der Waals surface area (Å²) in [6, 6.07) is 13.5. The molecule has 10 heteroatoms. The Morgan fingerprint density at radius 3 is 2.29 bits per heavy atom. The summed E-state index contributed by atoms with van der Waals surface area (Å²) < 4.78 is 1.19. The standard InChI is InChI=1S/C25H27N3O5.2Na/c1-15-6-4-7-17(10-15)11-18-8-5-9-19(12-18)20(13-21(29)30)26-25(33)27-22-23(31)16(2)14-28(3)24(22)32;;/h4-10,12,14,20,31H,11,13H2,1-3H3,(H,29,30)(H2,26,27,33);;/q;2*+1/p-2/t20-;;/m0../s1. The average Bonchev–Trinajstić information content (AvgIpc) is 2.75. The van der Waals surface area contributed by atoms with Gasteiger partial charge in [-0.1, -0.05) is 59.8 Å². The number of urea groups is 1. The van der Waals surface area contributed by atoms with Crippen molar-refractivity contribution in [1.82, 2.24) is 9.88 Å². The third kappa shape index (κ3) is 8.52. The molecule has 35 heavy (non-hydrogen) atoms. The van der Waals surface area contributed by atoms with Gasteiger partial charge in [-0.25, -0.2) is 4.79 Å². The second-order valence-corrected chi connectivity index (χ2v) is 8.07. The van der Waals surface area contributed by atoms with E-state index in [1.807, 2.05) is 37.3 Å². The molecular formula is C25H25N3Na2O5. The van der Waals surface area contributed by atoms with Crippen LogP contribution in [0.5, 0.6) is 5.75 Å². The van der Waals surface area contributed by atoms with Gasteiger partial charge in [0, 0.05) is 25.6 Å². The van der Waals surface area contributed by atoms with E-state index in [1.54, 1.807) is 12.1 Å². The van der Waals surface area contributed by atoms with Crippen LogP contribution in [-0.2, 0) is 18.3 Å². The second kappa shape index (κ2) is 13.9. The van der Waals surface area contributed by atoms with Crippen LogP contribution >= 0.6 is 0 Å². The number of carboxylic acid groups (broad SMARTS) is 1. The van der Waals surface area contributed by atoms with Gasteiger partial charge < -0.3 is 30.2 Å². The topological polar surface area (TPSA) is 126 Å². The Labute approximate surface area is 248 Å². The van der Waals surface area contributed by atoms with Gasteiger partial charge in [0.1, 0.15) is 5.69 Å². The van der Waals surface area contributed by atoms with Crippen LogP contribution in [0.3, 0.4) is 0 Å². The number of pyridine rings is 1. The summed E-state index contributed by atoms with van der Waals surface area (Å²) in [5, 5.41) is 28.5. The SMILES string of the molecule is Cc1cccc(Cc2cccc([C@H](CC(=O)[O-])NC(=O)Nc3c([O-])c(C)cn(C)c3=O)c2)c1.[Na+].[Na+]. The first kappa shape index (κ1) is 31.0. The summed E-state index contributed by atoms with van der Waals surface area (Å²) in [6.45, 7) is 3.54. The van der Waals surface area contributed by atoms with Crippen molar-refractivity contribution in [2.75, 3.05) is 5.32 Å². The molecule has 3 rings (SSSR count). The monoisotopic (exact) mass is 493 g/mol. The Balaban J connectivity index is 0.00000306. The number of carbonyl (C=O) groups excluding carboxylic acids is 2. The van der Waals surface area contributed by atoms with Gasteiger partial charge >= 0.3 is 65.1 Å². The molecule has 3 aromatic rings. The zero-order chi connectivity index (χ0) is 24.1. The normalized spacial score (nSPS) is 10.9. The molecule has 8 nitrogen and oxygen atoms in total. The summed E-state index contributed by atoms with van der Waals surface area (Å²) in [4.78, 5) is 36.2. The molecule has 0 radical (unpaired) electrons. The molecule has 1 heterocycles. The number of hydrogen-bond acceptors (Lipinski definition) is 5. The maximum Gasteiger partial charge on any atom is 1.00 e. The molecular weight excluding hydrogens is 468 g/mol. The smallest absolute Gasteiger partial charge is 0.871 e. The van der Waals surface area contributed by atoms with Gasteiger partial charge in [0.2, 0.25) is 0 Å². The van der Waals surface area contributed by atoms with E-state index in [4.69, 9.17) is 0 Å². The summed E-state index contributed by atoms with van der Waals surface area (Å²) in [7, 11) is 1.47. The third-order valence-corrected chi connectivity index (χ3v) is 5.27. The van der Waals surface area contributed by atoms with Gasteiger partial charge in [-0.05, 0) is 42.5 Å². The van der Waals surface area contributed by atoms with E-state index in [2.05, 4.69) is 16.7 Å². The zero-order valence-electron chi connectivity index (χ0n) is 20.7. The maximum atomic E-state index is 12.6. The van der Waals surface area contributed by atoms with Crippen molar-refractivity contribution < 1.29 is 78.9 Å². The fourth-order valence-corrected chi connectivity index (χ4v) is 3.69. The Bertz CT molecular complexity index is 1260. The van der Waals surface area contributed by atoms with Crippen molar-refractivity contribution in [1.29, 1.82) is 0 Å². The molecule has 0 saturated carbocycles. The van der Waals surface area contributed by atoms with Gasteiger partial charge in [-0.3, -0.25) is 4.79 Å². The average molecular weight is 493 g/mol. The molecule has 0 spiro atoms. The fourth-order valence-electron chi connectivity index (χ4n) is 3.69. The van der Waals surface area contributed by atoms with Crippen molar-refractivity contribution in [3.05, 3.63) is 92.9 Å². The molecule has 0 unspecified atom stereocenters. The number of amides is 2. The first-order valence-electron chi connectivity index (χ1n) is 10.4. The first-order valence-corrected chi connectivity index (χ1v) is 10.4. The van der Waals surface area contributed by atoms with E-state index in [1.165, 1.54) is 24.7 Å². The molecule has 0 aliphatic carbocycles. The van der Waals surface area contributed by atoms with Crippen molar-refractivity contribution in [2.24, 2.45) is 7.05 Å². The predicted molar refractivity (Wildman–Crippen MR) is 121 cm³/mol. The van der Waals surface area contributed by atoms with Gasteiger partial charge in [0.05, 0.1) is 6.04 Å². The fraction of sp³-hybridized carbons (Fsp3) is 0.240. The number of nitrogens with one attached hydrogen (secondary N) is 2. The number of benzene rings is 2. The third-order valence-electron chi connectivity index (χ3n) is 5.27. The number of aryl methyl sites for hydroxylation is 3. The van der Waals surface area contributed by atoms with Crippen molar-refractivity contribution >= 4 is 17.7 Å². The summed E-state index contributed by atoms with van der Waals surface area (Å²) in [5.74, 6) is -1.94. The second-order valence-electron chi connectivity index (χ2n) is 8.07. The van der Waals surface area contributed by atoms with E-state index < -0.39 is 41.5 Å². The molecule has 1 atom stereocenters. The van der Waals surface area contributed by atoms with E-state index in [0.717, 1.165) is 16.7 Å². The van der Waals surface area contributed by atoms with Crippen LogP contribution in [0.2, 0.25) is 0 Å². The first-order chi connectivity index (χ1) is 15.6. The number of carbonyl (C=O) groups is 2. The van der Waals surface area contributed by atoms with Gasteiger partial charge in [0.15, 0.2) is 0 Å². The van der Waals surface area contributed by atoms with Crippen LogP contribution in [0, 0.1) is 13.8 Å². The molecule has 0 fully saturated rings. The molecule has 2 N–H and O–H groups in total. The molecule has 0 aliphatic heterocycles. The number of anilines is 1. The Kier molecular flexibility index (Phi) is 12.3. The molecule has 2 amide bonds. The summed E-state index contributed by atoms with van der Waals surface area (Å²) in [6.07, 6.45) is 1.54. The van der Waals surface area contributed by atoms with E-state index in [0.29, 0.717) is 17.5 Å². The zero-order valence-corrected chi connectivity index (χ0v) is 24.7. The largest absolute Gasteiger partial charge is 1.00 e. The van der Waals surface area contributed by atoms with Gasteiger partial charge in [-0.15, -0.1) is 0 Å². The molecule has 2 aromatic carbocycles. The number of aliphatic carboxylic acids is 1. The van der Waals surface area contributed by atoms with Crippen molar-refractivity contribution in [2.45, 2.75) is 32.7 Å². The number of carboxylic acids is 1. The molecule has 172 valence electrons. The minimum atomic E-state index is -1.35. The van der Waals surface area contributed by atoms with Crippen LogP contribution in [0.25, 0.3) is 0 Å². The van der Waals surface area contributed by atoms with Crippen molar-refractivity contribution in [3.63, 3.8) is 0 Å². The van der Waals surface area contributed by atoms with Crippen molar-refractivity contribution in [3.8, 4) is 5.75 Å².